The van der Waals surface area contributed by atoms with Crippen molar-refractivity contribution in [1.29, 1.82) is 0 Å². The van der Waals surface area contributed by atoms with Gasteiger partial charge in [-0.1, -0.05) is 6.92 Å². The number of carbonyl (C=O) groups excluding carboxylic acids is 1. The van der Waals surface area contributed by atoms with E-state index >= 15 is 0 Å². The molecule has 0 aliphatic carbocycles. The third-order valence-electron chi connectivity index (χ3n) is 6.07. The lowest BCUT2D eigenvalue weighted by molar-refractivity contribution is -0.257. The van der Waals surface area contributed by atoms with E-state index < -0.39 is 65.4 Å². The van der Waals surface area contributed by atoms with Gasteiger partial charge in [-0.15, -0.1) is 0 Å². The van der Waals surface area contributed by atoms with E-state index in [-0.39, 0.29) is 19.1 Å². The van der Waals surface area contributed by atoms with E-state index in [1.54, 1.807) is 20.8 Å². The molecule has 11 nitrogen and oxygen atoms in total. The topological polar surface area (TPSA) is 175 Å². The van der Waals surface area contributed by atoms with Gasteiger partial charge in [-0.2, -0.15) is 0 Å². The summed E-state index contributed by atoms with van der Waals surface area (Å²) in [5, 5.41) is 53.1. The Morgan fingerprint density at radius 1 is 1.13 bits per heavy atom. The number of carboxylic acid groups (broad SMARTS) is 1. The smallest absolute Gasteiger partial charge is 0.370 e. The zero-order valence-electron chi connectivity index (χ0n) is 18.4. The fourth-order valence-electron chi connectivity index (χ4n) is 4.08. The Labute approximate surface area is 180 Å². The van der Waals surface area contributed by atoms with Crippen LogP contribution >= 0.6 is 0 Å². The zero-order chi connectivity index (χ0) is 23.8. The first-order chi connectivity index (χ1) is 14.2. The van der Waals surface area contributed by atoms with Gasteiger partial charge >= 0.3 is 5.97 Å². The van der Waals surface area contributed by atoms with Gasteiger partial charge in [-0.05, 0) is 26.8 Å². The summed E-state index contributed by atoms with van der Waals surface area (Å²) in [6, 6.07) is -0.795. The molecule has 2 rings (SSSR count). The molecule has 11 heteroatoms. The Morgan fingerprint density at radius 3 is 2.26 bits per heavy atom. The van der Waals surface area contributed by atoms with Gasteiger partial charge in [0.25, 0.3) is 0 Å². The van der Waals surface area contributed by atoms with Crippen molar-refractivity contribution >= 4 is 11.9 Å². The lowest BCUT2D eigenvalue weighted by atomic mass is 9.70. The standard InChI is InChI=1S/C20H33NO10/c1-10(23)21-14-16(26)19(4,13(7-22)31-18(14,2)3)8-29-9-20(5)15(25)11(24)6-12(30-20)17(27)28/h6,11,13-16,22,24-26H,7-9H2,1-5H3,(H,21,23)(H,27,28)/t11?,13?,14?,15?,16?,19-,20-/m1/s1. The second kappa shape index (κ2) is 9.00. The minimum absolute atomic E-state index is 0.181. The molecule has 0 spiro atoms. The molecular weight excluding hydrogens is 414 g/mol. The molecule has 2 aliphatic rings. The number of hydrogen-bond acceptors (Lipinski definition) is 9. The number of aliphatic carboxylic acids is 1. The molecule has 0 aromatic carbocycles. The van der Waals surface area contributed by atoms with Crippen molar-refractivity contribution < 1.29 is 49.3 Å². The number of aliphatic hydroxyl groups excluding tert-OH is 4. The second-order valence-corrected chi connectivity index (χ2v) is 9.20. The highest BCUT2D eigenvalue weighted by Crippen LogP contribution is 2.42. The van der Waals surface area contributed by atoms with Gasteiger partial charge in [-0.25, -0.2) is 4.79 Å². The third kappa shape index (κ3) is 5.02. The van der Waals surface area contributed by atoms with Crippen LogP contribution in [0.3, 0.4) is 0 Å². The van der Waals surface area contributed by atoms with Crippen molar-refractivity contribution in [2.45, 2.75) is 76.3 Å². The van der Waals surface area contributed by atoms with Gasteiger partial charge in [0.15, 0.2) is 5.60 Å². The number of carboxylic acids is 1. The van der Waals surface area contributed by atoms with Crippen LogP contribution in [0.4, 0.5) is 0 Å². The Morgan fingerprint density at radius 2 is 1.74 bits per heavy atom. The molecule has 0 aromatic rings. The number of aliphatic hydroxyl groups is 4. The first kappa shape index (κ1) is 25.5. The summed E-state index contributed by atoms with van der Waals surface area (Å²) in [7, 11) is 0. The first-order valence-corrected chi connectivity index (χ1v) is 10.00. The highest BCUT2D eigenvalue weighted by molar-refractivity contribution is 5.84. The molecule has 0 aromatic heterocycles. The van der Waals surface area contributed by atoms with Gasteiger partial charge in [0.2, 0.25) is 11.7 Å². The molecule has 2 heterocycles. The molecule has 1 amide bonds. The first-order valence-electron chi connectivity index (χ1n) is 10.00. The average molecular weight is 447 g/mol. The maximum absolute atomic E-state index is 11.6. The zero-order valence-corrected chi connectivity index (χ0v) is 18.4. The molecule has 31 heavy (non-hydrogen) atoms. The number of ether oxygens (including phenoxy) is 3. The second-order valence-electron chi connectivity index (χ2n) is 9.20. The maximum Gasteiger partial charge on any atom is 0.370 e. The minimum atomic E-state index is -1.58. The normalized spacial score (nSPS) is 39.9. The molecule has 0 radical (unpaired) electrons. The summed E-state index contributed by atoms with van der Waals surface area (Å²) in [4.78, 5) is 22.9. The summed E-state index contributed by atoms with van der Waals surface area (Å²) in [5.41, 5.74) is -3.72. The number of rotatable bonds is 7. The summed E-state index contributed by atoms with van der Waals surface area (Å²) in [6.07, 6.45) is -4.04. The summed E-state index contributed by atoms with van der Waals surface area (Å²) in [6.45, 7) is 6.78. The molecule has 0 saturated carbocycles. The van der Waals surface area contributed by atoms with Crippen molar-refractivity contribution in [3.63, 3.8) is 0 Å². The van der Waals surface area contributed by atoms with Gasteiger partial charge in [0.1, 0.15) is 12.2 Å². The largest absolute Gasteiger partial charge is 0.475 e. The number of amides is 1. The third-order valence-corrected chi connectivity index (χ3v) is 6.07. The van der Waals surface area contributed by atoms with Gasteiger partial charge in [0.05, 0.1) is 43.7 Å². The van der Waals surface area contributed by atoms with Crippen LogP contribution in [-0.2, 0) is 23.8 Å². The monoisotopic (exact) mass is 447 g/mol. The SMILES string of the molecule is CC(=O)NC1C(O)[C@](C)(COC[C@@]2(C)OC(C(=O)O)=CC(O)C2O)C(CO)OC1(C)C. The Hall–Kier alpha value is -1.76. The summed E-state index contributed by atoms with van der Waals surface area (Å²) < 4.78 is 17.0. The van der Waals surface area contributed by atoms with Crippen molar-refractivity contribution in [2.24, 2.45) is 5.41 Å². The molecule has 5 unspecified atom stereocenters. The molecule has 0 bridgehead atoms. The van der Waals surface area contributed by atoms with Crippen LogP contribution in [0, 0.1) is 5.41 Å². The van der Waals surface area contributed by atoms with Crippen molar-refractivity contribution in [2.75, 3.05) is 19.8 Å². The van der Waals surface area contributed by atoms with Crippen LogP contribution in [0.5, 0.6) is 0 Å². The predicted octanol–water partition coefficient (Wildman–Crippen LogP) is -1.48. The van der Waals surface area contributed by atoms with E-state index in [2.05, 4.69) is 5.32 Å². The van der Waals surface area contributed by atoms with Crippen molar-refractivity contribution in [1.82, 2.24) is 5.32 Å². The lowest BCUT2D eigenvalue weighted by Crippen LogP contribution is -2.70. The Kier molecular flexibility index (Phi) is 7.41. The van der Waals surface area contributed by atoms with E-state index in [9.17, 15) is 30.0 Å². The maximum atomic E-state index is 11.6. The van der Waals surface area contributed by atoms with Crippen LogP contribution in [-0.4, -0.2) is 98.9 Å². The van der Waals surface area contributed by atoms with Crippen molar-refractivity contribution in [3.8, 4) is 0 Å². The van der Waals surface area contributed by atoms with Crippen molar-refractivity contribution in [3.05, 3.63) is 11.8 Å². The fraction of sp³-hybridized carbons (Fsp3) is 0.800. The molecule has 2 aliphatic heterocycles. The van der Waals surface area contributed by atoms with E-state index in [4.69, 9.17) is 19.3 Å². The fourth-order valence-corrected chi connectivity index (χ4v) is 4.08. The molecule has 7 atom stereocenters. The average Bonchev–Trinajstić information content (AvgIpc) is 2.66. The summed E-state index contributed by atoms with van der Waals surface area (Å²) in [5.74, 6) is -2.28. The Balaban J connectivity index is 2.19. The molecule has 6 N–H and O–H groups in total. The minimum Gasteiger partial charge on any atom is -0.475 e. The van der Waals surface area contributed by atoms with E-state index in [0.29, 0.717) is 0 Å². The van der Waals surface area contributed by atoms with E-state index in [0.717, 1.165) is 6.08 Å². The number of carbonyl (C=O) groups is 2. The summed E-state index contributed by atoms with van der Waals surface area (Å²) >= 11 is 0. The molecule has 1 fully saturated rings. The molecule has 178 valence electrons. The predicted molar refractivity (Wildman–Crippen MR) is 106 cm³/mol. The van der Waals surface area contributed by atoms with Gasteiger partial charge in [0, 0.05) is 12.3 Å². The van der Waals surface area contributed by atoms with Gasteiger partial charge < -0.3 is 45.1 Å². The van der Waals surface area contributed by atoms with Crippen LogP contribution in [0.2, 0.25) is 0 Å². The van der Waals surface area contributed by atoms with Crippen LogP contribution in [0.1, 0.15) is 34.6 Å². The van der Waals surface area contributed by atoms with Crippen LogP contribution in [0.25, 0.3) is 0 Å². The van der Waals surface area contributed by atoms with E-state index in [1.807, 2.05) is 0 Å². The van der Waals surface area contributed by atoms with Gasteiger partial charge in [-0.3, -0.25) is 4.79 Å². The highest BCUT2D eigenvalue weighted by Gasteiger charge is 2.56. The van der Waals surface area contributed by atoms with Crippen LogP contribution in [0.15, 0.2) is 11.8 Å². The highest BCUT2D eigenvalue weighted by atomic mass is 16.6. The molecular formula is C20H33NO10. The number of nitrogens with one attached hydrogen (secondary N) is 1. The quantitative estimate of drug-likeness (QED) is 0.270. The van der Waals surface area contributed by atoms with E-state index in [1.165, 1.54) is 13.8 Å². The van der Waals surface area contributed by atoms with Crippen LogP contribution < -0.4 is 5.32 Å². The Bertz CT molecular complexity index is 725. The number of hydrogen-bond donors (Lipinski definition) is 6. The lowest BCUT2D eigenvalue weighted by Gasteiger charge is -2.54. The molecule has 1 saturated heterocycles.